The highest BCUT2D eigenvalue weighted by Gasteiger charge is 2.41. The molecule has 0 bridgehead atoms. The monoisotopic (exact) mass is 596 g/mol. The summed E-state index contributed by atoms with van der Waals surface area (Å²) in [4.78, 5) is 0. The Morgan fingerprint density at radius 2 is 1.24 bits per heavy atom. The molecule has 0 spiro atoms. The Hall–Kier alpha value is -4.92. The minimum absolute atomic E-state index is 0.0402. The van der Waals surface area contributed by atoms with Gasteiger partial charge in [0.25, 0.3) is 0 Å². The van der Waals surface area contributed by atoms with Gasteiger partial charge in [-0.3, -0.25) is 0 Å². The van der Waals surface area contributed by atoms with Crippen LogP contribution in [-0.4, -0.2) is 6.61 Å². The molecule has 0 fully saturated rings. The number of hydrogen-bond donors (Lipinski definition) is 0. The van der Waals surface area contributed by atoms with Gasteiger partial charge in [-0.1, -0.05) is 24.5 Å². The van der Waals surface area contributed by atoms with Gasteiger partial charge in [0.1, 0.15) is 52.8 Å². The topological polar surface area (TPSA) is 18.5 Å². The summed E-state index contributed by atoms with van der Waals surface area (Å²) in [6.45, 7) is 3.55. The molecule has 0 amide bonds. The zero-order valence-corrected chi connectivity index (χ0v) is 20.8. The van der Waals surface area contributed by atoms with Crippen LogP contribution in [-0.2, 0) is 6.11 Å². The van der Waals surface area contributed by atoms with E-state index in [1.54, 1.807) is 0 Å². The van der Waals surface area contributed by atoms with E-state index in [-0.39, 0.29) is 35.6 Å². The number of halogens is 10. The Bertz CT molecular complexity index is 1690. The molecule has 12 heteroatoms. The Kier molecular flexibility index (Phi) is 8.51. The van der Waals surface area contributed by atoms with Gasteiger partial charge in [0.2, 0.25) is 0 Å². The van der Waals surface area contributed by atoms with Crippen molar-refractivity contribution >= 4 is 0 Å². The lowest BCUT2D eigenvalue weighted by atomic mass is 10.0. The molecule has 0 aliphatic rings. The van der Waals surface area contributed by atoms with Gasteiger partial charge in [-0.25, -0.2) is 35.1 Å². The summed E-state index contributed by atoms with van der Waals surface area (Å²) in [6.07, 6.45) is -3.41. The minimum atomic E-state index is -4.84. The summed E-state index contributed by atoms with van der Waals surface area (Å²) in [5, 5.41) is 0. The first-order valence-electron chi connectivity index (χ1n) is 11.6. The first-order valence-corrected chi connectivity index (χ1v) is 11.6. The normalized spacial score (nSPS) is 11.1. The third kappa shape index (κ3) is 6.35. The third-order valence-corrected chi connectivity index (χ3v) is 5.53. The van der Waals surface area contributed by atoms with E-state index in [0.717, 1.165) is 18.2 Å². The average molecular weight is 596 g/mol. The van der Waals surface area contributed by atoms with Crippen LogP contribution in [0.5, 0.6) is 11.5 Å². The minimum Gasteiger partial charge on any atom is -0.489 e. The van der Waals surface area contributed by atoms with E-state index < -0.39 is 75.1 Å². The van der Waals surface area contributed by atoms with Crippen LogP contribution in [0, 0.1) is 58.4 Å². The third-order valence-electron chi connectivity index (χ3n) is 5.53. The van der Waals surface area contributed by atoms with Gasteiger partial charge in [-0.2, -0.15) is 8.78 Å². The molecule has 4 aromatic rings. The van der Waals surface area contributed by atoms with Crippen molar-refractivity contribution in [1.29, 1.82) is 0 Å². The number of rotatable bonds is 7. The molecule has 0 saturated heterocycles. The van der Waals surface area contributed by atoms with Crippen molar-refractivity contribution in [1.82, 2.24) is 0 Å². The van der Waals surface area contributed by atoms with Gasteiger partial charge in [-0.15, -0.1) is 0 Å². The van der Waals surface area contributed by atoms with Gasteiger partial charge in [0, 0.05) is 29.3 Å². The molecular weight excluding hydrogens is 582 g/mol. The van der Waals surface area contributed by atoms with Crippen molar-refractivity contribution in [2.24, 2.45) is 0 Å². The Morgan fingerprint density at radius 1 is 0.667 bits per heavy atom. The molecule has 0 unspecified atom stereocenters. The molecule has 2 nitrogen and oxygen atoms in total. The van der Waals surface area contributed by atoms with Crippen LogP contribution >= 0.6 is 0 Å². The first kappa shape index (κ1) is 30.0. The van der Waals surface area contributed by atoms with Gasteiger partial charge in [-0.05, 0) is 42.0 Å². The standard InChI is InChI=1S/C30H14F10O2/c1-2-7-41-17-4-6-19(23(33)12-17)16-10-21(31)20(22(32)11-16)5-3-15-8-24(34)28(25(35)9-15)30(39,40)42-18-13-26(36)29(38)27(37)14-18/h2,4,6,8-14H,1,7H2. The maximum atomic E-state index is 14.7. The number of hydrogen-bond acceptors (Lipinski definition) is 2. The van der Waals surface area contributed by atoms with Gasteiger partial charge >= 0.3 is 6.11 Å². The summed E-state index contributed by atoms with van der Waals surface area (Å²) in [6, 6.07) is 5.79. The molecule has 0 aliphatic heterocycles. The van der Waals surface area contributed by atoms with Crippen molar-refractivity contribution in [2.45, 2.75) is 6.11 Å². The van der Waals surface area contributed by atoms with Crippen molar-refractivity contribution < 1.29 is 53.4 Å². The van der Waals surface area contributed by atoms with E-state index in [0.29, 0.717) is 12.1 Å². The molecule has 0 atom stereocenters. The Balaban J connectivity index is 1.61. The second kappa shape index (κ2) is 11.9. The maximum Gasteiger partial charge on any atom is 0.432 e. The molecule has 0 radical (unpaired) electrons. The van der Waals surface area contributed by atoms with Crippen molar-refractivity contribution in [3.05, 3.63) is 130 Å². The zero-order valence-electron chi connectivity index (χ0n) is 20.8. The van der Waals surface area contributed by atoms with Crippen LogP contribution in [0.3, 0.4) is 0 Å². The summed E-state index contributed by atoms with van der Waals surface area (Å²) >= 11 is 0. The van der Waals surface area contributed by atoms with Gasteiger partial charge in [0.05, 0.1) is 5.56 Å². The average Bonchev–Trinajstić information content (AvgIpc) is 2.89. The van der Waals surface area contributed by atoms with Crippen molar-refractivity contribution in [2.75, 3.05) is 6.61 Å². The maximum absolute atomic E-state index is 14.7. The predicted molar refractivity (Wildman–Crippen MR) is 131 cm³/mol. The van der Waals surface area contributed by atoms with Crippen LogP contribution in [0.15, 0.2) is 67.3 Å². The smallest absolute Gasteiger partial charge is 0.432 e. The number of benzene rings is 4. The molecule has 0 N–H and O–H groups in total. The SMILES string of the molecule is C=CCOc1ccc(-c2cc(F)c(C#Cc3cc(F)c(C(F)(F)Oc4cc(F)c(F)c(F)c4)c(F)c3)c(F)c2)c(F)c1. The lowest BCUT2D eigenvalue weighted by Crippen LogP contribution is -2.25. The van der Waals surface area contributed by atoms with E-state index >= 15 is 0 Å². The van der Waals surface area contributed by atoms with Crippen LogP contribution < -0.4 is 9.47 Å². The molecule has 42 heavy (non-hydrogen) atoms. The fraction of sp³-hybridized carbons (Fsp3) is 0.0667. The molecule has 4 aromatic carbocycles. The van der Waals surface area contributed by atoms with Crippen molar-refractivity contribution in [3.8, 4) is 34.5 Å². The predicted octanol–water partition coefficient (Wildman–Crippen LogP) is 8.56. The van der Waals surface area contributed by atoms with Crippen LogP contribution in [0.1, 0.15) is 16.7 Å². The summed E-state index contributed by atoms with van der Waals surface area (Å²) in [5.74, 6) is -10.1. The number of alkyl halides is 2. The molecule has 4 rings (SSSR count). The first-order chi connectivity index (χ1) is 19.8. The van der Waals surface area contributed by atoms with E-state index in [4.69, 9.17) is 4.74 Å². The second-order valence-corrected chi connectivity index (χ2v) is 8.44. The largest absolute Gasteiger partial charge is 0.489 e. The number of ether oxygens (including phenoxy) is 2. The van der Waals surface area contributed by atoms with Crippen LogP contribution in [0.25, 0.3) is 11.1 Å². The highest BCUT2D eigenvalue weighted by molar-refractivity contribution is 5.66. The molecule has 0 aliphatic carbocycles. The van der Waals surface area contributed by atoms with Gasteiger partial charge < -0.3 is 9.47 Å². The fourth-order valence-corrected chi connectivity index (χ4v) is 3.67. The summed E-state index contributed by atoms with van der Waals surface area (Å²) < 4.78 is 151. The lowest BCUT2D eigenvalue weighted by molar-refractivity contribution is -0.189. The van der Waals surface area contributed by atoms with E-state index in [2.05, 4.69) is 11.3 Å². The lowest BCUT2D eigenvalue weighted by Gasteiger charge is -2.19. The quantitative estimate of drug-likeness (QED) is 0.0922. The molecule has 0 saturated carbocycles. The van der Waals surface area contributed by atoms with E-state index in [1.165, 1.54) is 18.2 Å². The van der Waals surface area contributed by atoms with Crippen molar-refractivity contribution in [3.63, 3.8) is 0 Å². The highest BCUT2D eigenvalue weighted by Crippen LogP contribution is 2.36. The van der Waals surface area contributed by atoms with E-state index in [9.17, 15) is 43.9 Å². The van der Waals surface area contributed by atoms with Gasteiger partial charge in [0.15, 0.2) is 17.5 Å². The zero-order chi connectivity index (χ0) is 30.8. The summed E-state index contributed by atoms with van der Waals surface area (Å²) in [7, 11) is 0. The summed E-state index contributed by atoms with van der Waals surface area (Å²) in [5.41, 5.74) is -3.86. The Morgan fingerprint density at radius 3 is 1.79 bits per heavy atom. The second-order valence-electron chi connectivity index (χ2n) is 8.44. The Labute approximate surface area is 231 Å². The molecule has 0 aromatic heterocycles. The van der Waals surface area contributed by atoms with Crippen LogP contribution in [0.2, 0.25) is 0 Å². The molecular formula is C30H14F10O2. The highest BCUT2D eigenvalue weighted by atomic mass is 19.3. The molecule has 0 heterocycles. The van der Waals surface area contributed by atoms with E-state index in [1.807, 2.05) is 11.8 Å². The van der Waals surface area contributed by atoms with Crippen LogP contribution in [0.4, 0.5) is 43.9 Å². The fourth-order valence-electron chi connectivity index (χ4n) is 3.67. The molecule has 216 valence electrons.